The van der Waals surface area contributed by atoms with Crippen LogP contribution in [0.15, 0.2) is 79.0 Å². The van der Waals surface area contributed by atoms with Crippen molar-refractivity contribution in [1.29, 1.82) is 5.41 Å². The summed E-state index contributed by atoms with van der Waals surface area (Å²) in [5.74, 6) is 0.279. The Morgan fingerprint density at radius 3 is 2.63 bits per heavy atom. The second-order valence-electron chi connectivity index (χ2n) is 14.4. The number of carbonyl (C=O) groups is 2. The first kappa shape index (κ1) is 35.3. The van der Waals surface area contributed by atoms with Crippen LogP contribution in [0.2, 0.25) is 0 Å². The molecular formula is C41H45FN10O2. The zero-order valence-corrected chi connectivity index (χ0v) is 30.5. The van der Waals surface area contributed by atoms with Crippen molar-refractivity contribution >= 4 is 40.5 Å². The van der Waals surface area contributed by atoms with Gasteiger partial charge in [0.25, 0.3) is 0 Å². The Balaban J connectivity index is 0.876. The number of halogens is 1. The molecule has 278 valence electrons. The highest BCUT2D eigenvalue weighted by molar-refractivity contribution is 6.17. The Morgan fingerprint density at radius 2 is 1.81 bits per heavy atom. The Hall–Kier alpha value is -5.69. The van der Waals surface area contributed by atoms with E-state index in [1.807, 2.05) is 60.2 Å². The number of anilines is 3. The molecule has 3 aliphatic rings. The summed E-state index contributed by atoms with van der Waals surface area (Å²) in [4.78, 5) is 40.8. The van der Waals surface area contributed by atoms with Gasteiger partial charge >= 0.3 is 0 Å². The fourth-order valence-corrected chi connectivity index (χ4v) is 8.09. The minimum atomic E-state index is -0.614. The van der Waals surface area contributed by atoms with Crippen LogP contribution >= 0.6 is 0 Å². The minimum Gasteiger partial charge on any atom is -0.388 e. The fourth-order valence-electron chi connectivity index (χ4n) is 8.09. The molecule has 0 radical (unpaired) electrons. The summed E-state index contributed by atoms with van der Waals surface area (Å²) >= 11 is 0. The zero-order chi connectivity index (χ0) is 37.2. The van der Waals surface area contributed by atoms with Crippen molar-refractivity contribution in [3.63, 3.8) is 0 Å². The van der Waals surface area contributed by atoms with Crippen LogP contribution in [-0.4, -0.2) is 88.3 Å². The SMILES string of the molecule is CNc1cc(CCCN2CCN(c3cccc(-c4cnc5ccc(N6CCC[C@@H]6c6cccc(F)c6)nn45)n3)CC2)ccc1C(=N)C1CCC(=O)NC1=O. The monoisotopic (exact) mass is 728 g/mol. The maximum absolute atomic E-state index is 14.1. The lowest BCUT2D eigenvalue weighted by molar-refractivity contribution is -0.134. The number of hydrogen-bond donors (Lipinski definition) is 3. The number of carbonyl (C=O) groups excluding carboxylic acids is 2. The van der Waals surface area contributed by atoms with Crippen LogP contribution in [0.25, 0.3) is 17.0 Å². The fraction of sp³-hybridized carbons (Fsp3) is 0.366. The normalized spacial score (nSPS) is 19.4. The van der Waals surface area contributed by atoms with Gasteiger partial charge < -0.3 is 20.5 Å². The second kappa shape index (κ2) is 15.3. The Kier molecular flexibility index (Phi) is 10.0. The second-order valence-corrected chi connectivity index (χ2v) is 14.4. The van der Waals surface area contributed by atoms with E-state index in [4.69, 9.17) is 15.5 Å². The molecule has 12 nitrogen and oxygen atoms in total. The lowest BCUT2D eigenvalue weighted by Crippen LogP contribution is -2.47. The molecule has 1 unspecified atom stereocenters. The highest BCUT2D eigenvalue weighted by Crippen LogP contribution is 2.36. The first-order chi connectivity index (χ1) is 26.3. The van der Waals surface area contributed by atoms with Crippen LogP contribution in [0.4, 0.5) is 21.7 Å². The van der Waals surface area contributed by atoms with Crippen molar-refractivity contribution in [1.82, 2.24) is 29.8 Å². The zero-order valence-electron chi connectivity index (χ0n) is 30.5. The molecule has 3 saturated heterocycles. The van der Waals surface area contributed by atoms with Crippen molar-refractivity contribution in [3.05, 3.63) is 102 Å². The van der Waals surface area contributed by atoms with Gasteiger partial charge in [-0.3, -0.25) is 19.8 Å². The van der Waals surface area contributed by atoms with E-state index in [0.29, 0.717) is 12.0 Å². The van der Waals surface area contributed by atoms with E-state index in [1.165, 1.54) is 11.6 Å². The molecule has 0 spiro atoms. The van der Waals surface area contributed by atoms with Gasteiger partial charge in [-0.05, 0) is 92.2 Å². The molecule has 0 bridgehead atoms. The maximum atomic E-state index is 14.1. The van der Waals surface area contributed by atoms with Crippen molar-refractivity contribution in [2.45, 2.75) is 44.6 Å². The number of nitrogens with one attached hydrogen (secondary N) is 3. The van der Waals surface area contributed by atoms with Crippen molar-refractivity contribution in [3.8, 4) is 11.4 Å². The molecule has 54 heavy (non-hydrogen) atoms. The number of nitrogens with zero attached hydrogens (tertiary/aromatic N) is 7. The first-order valence-corrected chi connectivity index (χ1v) is 18.9. The van der Waals surface area contributed by atoms with Gasteiger partial charge in [0.1, 0.15) is 23.1 Å². The number of imidazole rings is 1. The van der Waals surface area contributed by atoms with E-state index in [9.17, 15) is 14.0 Å². The van der Waals surface area contributed by atoms with E-state index in [0.717, 1.165) is 105 Å². The Morgan fingerprint density at radius 1 is 0.963 bits per heavy atom. The summed E-state index contributed by atoms with van der Waals surface area (Å²) in [5.41, 5.74) is 6.31. The molecule has 0 saturated carbocycles. The number of rotatable bonds is 11. The van der Waals surface area contributed by atoms with Crippen molar-refractivity contribution in [2.75, 3.05) is 61.4 Å². The van der Waals surface area contributed by atoms with Gasteiger partial charge in [0.15, 0.2) is 5.65 Å². The van der Waals surface area contributed by atoms with Crippen LogP contribution in [0.1, 0.15) is 54.8 Å². The van der Waals surface area contributed by atoms with Crippen LogP contribution in [-0.2, 0) is 16.0 Å². The summed E-state index contributed by atoms with van der Waals surface area (Å²) in [6, 6.07) is 23.1. The van der Waals surface area contributed by atoms with Crippen LogP contribution in [0.5, 0.6) is 0 Å². The maximum Gasteiger partial charge on any atom is 0.235 e. The molecular weight excluding hydrogens is 684 g/mol. The summed E-state index contributed by atoms with van der Waals surface area (Å²) in [7, 11) is 1.83. The smallest absolute Gasteiger partial charge is 0.235 e. The minimum absolute atomic E-state index is 0.0745. The number of hydrogen-bond acceptors (Lipinski definition) is 10. The predicted molar refractivity (Wildman–Crippen MR) is 208 cm³/mol. The average molecular weight is 729 g/mol. The highest BCUT2D eigenvalue weighted by atomic mass is 19.1. The molecule has 3 aliphatic heterocycles. The first-order valence-electron chi connectivity index (χ1n) is 18.9. The molecule has 3 N–H and O–H groups in total. The molecule has 2 amide bonds. The number of aromatic nitrogens is 4. The summed E-state index contributed by atoms with van der Waals surface area (Å²) < 4.78 is 16.0. The topological polar surface area (TPSA) is 135 Å². The standard InChI is InChI=1S/C41H45FN10O2/c1-44-33-24-27(12-13-30(33)40(43)31-14-17-39(53)47-41(31)54)6-4-18-49-20-22-50(23-21-49)37-11-3-9-32(46-37)35-26-45-36-15-16-38(48-52(35)36)51-19-5-10-34(51)28-7-2-8-29(42)25-28/h2-3,7-9,11-13,15-16,24-26,31,34,43-44H,4-6,10,14,17-23H2,1H3,(H,47,53,54)/t31?,34-/m1/s1. The molecule has 5 aromatic rings. The third-order valence-corrected chi connectivity index (χ3v) is 11.0. The molecule has 2 atom stereocenters. The number of fused-ring (bicyclic) bond motifs is 1. The molecule has 2 aromatic carbocycles. The van der Waals surface area contributed by atoms with Gasteiger partial charge in [-0.25, -0.2) is 18.9 Å². The van der Waals surface area contributed by atoms with E-state index < -0.39 is 5.92 Å². The quantitative estimate of drug-likeness (QED) is 0.119. The van der Waals surface area contributed by atoms with Gasteiger partial charge in [0, 0.05) is 57.4 Å². The van der Waals surface area contributed by atoms with Gasteiger partial charge in [0.05, 0.1) is 29.6 Å². The van der Waals surface area contributed by atoms with E-state index in [2.05, 4.69) is 42.5 Å². The third-order valence-electron chi connectivity index (χ3n) is 11.0. The van der Waals surface area contributed by atoms with E-state index in [-0.39, 0.29) is 35.8 Å². The number of benzene rings is 2. The van der Waals surface area contributed by atoms with Crippen LogP contribution in [0, 0.1) is 17.1 Å². The average Bonchev–Trinajstić information content (AvgIpc) is 3.86. The van der Waals surface area contributed by atoms with Gasteiger partial charge in [-0.15, -0.1) is 5.10 Å². The van der Waals surface area contributed by atoms with Crippen molar-refractivity contribution < 1.29 is 14.0 Å². The molecule has 13 heteroatoms. The Labute approximate surface area is 313 Å². The number of piperidine rings is 1. The third kappa shape index (κ3) is 7.28. The van der Waals surface area contributed by atoms with E-state index in [1.54, 1.807) is 12.1 Å². The van der Waals surface area contributed by atoms with Crippen molar-refractivity contribution in [2.24, 2.45) is 5.92 Å². The highest BCUT2D eigenvalue weighted by Gasteiger charge is 2.32. The van der Waals surface area contributed by atoms with Gasteiger partial charge in [-0.1, -0.05) is 30.3 Å². The number of aryl methyl sites for hydroxylation is 1. The largest absolute Gasteiger partial charge is 0.388 e. The lowest BCUT2D eigenvalue weighted by atomic mass is 9.88. The molecule has 3 aromatic heterocycles. The predicted octanol–water partition coefficient (Wildman–Crippen LogP) is 5.49. The number of amides is 2. The lowest BCUT2D eigenvalue weighted by Gasteiger charge is -2.35. The number of imide groups is 1. The van der Waals surface area contributed by atoms with E-state index >= 15 is 0 Å². The van der Waals surface area contributed by atoms with Gasteiger partial charge in [0.2, 0.25) is 11.8 Å². The number of pyridine rings is 1. The summed E-state index contributed by atoms with van der Waals surface area (Å²) in [5, 5.41) is 19.3. The molecule has 3 fully saturated rings. The van der Waals surface area contributed by atoms with Crippen LogP contribution < -0.4 is 20.4 Å². The summed E-state index contributed by atoms with van der Waals surface area (Å²) in [6.45, 7) is 5.48. The summed E-state index contributed by atoms with van der Waals surface area (Å²) in [6.07, 6.45) is 6.33. The molecule has 0 aliphatic carbocycles. The molecule has 6 heterocycles. The Bertz CT molecular complexity index is 2200. The molecule has 8 rings (SSSR count). The van der Waals surface area contributed by atoms with Gasteiger partial charge in [-0.2, -0.15) is 0 Å². The number of piperazine rings is 1. The van der Waals surface area contributed by atoms with Crippen LogP contribution in [0.3, 0.4) is 0 Å².